The van der Waals surface area contributed by atoms with Gasteiger partial charge >= 0.3 is 0 Å². The van der Waals surface area contributed by atoms with Crippen molar-refractivity contribution in [1.29, 1.82) is 0 Å². The molecule has 0 saturated heterocycles. The summed E-state index contributed by atoms with van der Waals surface area (Å²) in [6.45, 7) is 7.04. The Hall–Kier alpha value is -1.14. The van der Waals surface area contributed by atoms with Crippen LogP contribution in [0.1, 0.15) is 25.1 Å². The van der Waals surface area contributed by atoms with E-state index in [-0.39, 0.29) is 5.54 Å². The molecule has 0 spiro atoms. The van der Waals surface area contributed by atoms with Crippen LogP contribution in [-0.2, 0) is 7.05 Å². The molecule has 0 radical (unpaired) electrons. The lowest BCUT2D eigenvalue weighted by Gasteiger charge is -2.33. The van der Waals surface area contributed by atoms with Crippen molar-refractivity contribution in [3.63, 3.8) is 0 Å². The average Bonchev–Trinajstić information content (AvgIpc) is 2.50. The summed E-state index contributed by atoms with van der Waals surface area (Å²) in [7, 11) is 6.01. The number of anilines is 1. The second kappa shape index (κ2) is 5.24. The smallest absolute Gasteiger partial charge is 0.134 e. The molecule has 102 valence electrons. The minimum Gasteiger partial charge on any atom is -0.389 e. The lowest BCUT2D eigenvalue weighted by molar-refractivity contribution is 0.209. The first kappa shape index (κ1) is 14.9. The van der Waals surface area contributed by atoms with Gasteiger partial charge in [0.2, 0.25) is 0 Å². The number of likely N-dealkylation sites (N-methyl/N-ethyl adjacent to an activating group) is 1. The van der Waals surface area contributed by atoms with Crippen LogP contribution in [0, 0.1) is 6.92 Å². The molecular formula is C12H23N5S. The van der Waals surface area contributed by atoms with E-state index in [9.17, 15) is 0 Å². The van der Waals surface area contributed by atoms with Crippen molar-refractivity contribution in [1.82, 2.24) is 14.7 Å². The maximum absolute atomic E-state index is 5.76. The van der Waals surface area contributed by atoms with E-state index >= 15 is 0 Å². The quantitative estimate of drug-likeness (QED) is 0.784. The highest BCUT2D eigenvalue weighted by atomic mass is 32.1. The van der Waals surface area contributed by atoms with Gasteiger partial charge in [-0.25, -0.2) is 0 Å². The molecule has 0 aliphatic carbocycles. The summed E-state index contributed by atoms with van der Waals surface area (Å²) in [6, 6.07) is 0. The summed E-state index contributed by atoms with van der Waals surface area (Å²) in [5.41, 5.74) is 7.48. The van der Waals surface area contributed by atoms with Crippen LogP contribution < -0.4 is 11.1 Å². The van der Waals surface area contributed by atoms with Crippen molar-refractivity contribution in [2.45, 2.75) is 26.3 Å². The van der Waals surface area contributed by atoms with Gasteiger partial charge in [-0.15, -0.1) is 0 Å². The molecule has 0 unspecified atom stereocenters. The topological polar surface area (TPSA) is 59.1 Å². The molecule has 5 nitrogen and oxygen atoms in total. The van der Waals surface area contributed by atoms with Gasteiger partial charge in [0.05, 0.1) is 11.3 Å². The fourth-order valence-corrected chi connectivity index (χ4v) is 1.86. The molecule has 18 heavy (non-hydrogen) atoms. The van der Waals surface area contributed by atoms with E-state index < -0.39 is 0 Å². The first-order valence-electron chi connectivity index (χ1n) is 5.91. The lowest BCUT2D eigenvalue weighted by atomic mass is 10.0. The van der Waals surface area contributed by atoms with E-state index in [0.29, 0.717) is 4.99 Å². The molecule has 0 saturated carbocycles. The number of aromatic nitrogens is 2. The van der Waals surface area contributed by atoms with Crippen LogP contribution in [0.4, 0.5) is 5.82 Å². The largest absolute Gasteiger partial charge is 0.389 e. The molecule has 3 N–H and O–H groups in total. The molecule has 0 aromatic carbocycles. The molecule has 0 amide bonds. The van der Waals surface area contributed by atoms with Crippen LogP contribution >= 0.6 is 12.2 Å². The maximum atomic E-state index is 5.76. The van der Waals surface area contributed by atoms with Gasteiger partial charge in [-0.1, -0.05) is 12.2 Å². The first-order chi connectivity index (χ1) is 8.16. The van der Waals surface area contributed by atoms with Crippen LogP contribution in [0.15, 0.2) is 0 Å². The number of nitrogens with one attached hydrogen (secondary N) is 1. The predicted molar refractivity (Wildman–Crippen MR) is 80.1 cm³/mol. The summed E-state index contributed by atoms with van der Waals surface area (Å²) in [6.07, 6.45) is 0. The van der Waals surface area contributed by atoms with Gasteiger partial charge in [0.1, 0.15) is 10.8 Å². The van der Waals surface area contributed by atoms with Gasteiger partial charge in [-0.05, 0) is 34.9 Å². The van der Waals surface area contributed by atoms with Crippen LogP contribution in [0.25, 0.3) is 0 Å². The monoisotopic (exact) mass is 269 g/mol. The normalized spacial score (nSPS) is 11.9. The molecule has 0 fully saturated rings. The van der Waals surface area contributed by atoms with Gasteiger partial charge in [0.15, 0.2) is 0 Å². The third kappa shape index (κ3) is 3.00. The van der Waals surface area contributed by atoms with Crippen LogP contribution in [-0.4, -0.2) is 45.8 Å². The van der Waals surface area contributed by atoms with Crippen molar-refractivity contribution in [2.75, 3.05) is 26.0 Å². The summed E-state index contributed by atoms with van der Waals surface area (Å²) in [5, 5.41) is 7.75. The molecule has 0 bridgehead atoms. The highest BCUT2D eigenvalue weighted by Crippen LogP contribution is 2.20. The molecular weight excluding hydrogens is 246 g/mol. The fraction of sp³-hybridized carbons (Fsp3) is 0.667. The van der Waals surface area contributed by atoms with Gasteiger partial charge < -0.3 is 16.0 Å². The molecule has 1 heterocycles. The van der Waals surface area contributed by atoms with E-state index in [1.165, 1.54) is 0 Å². The zero-order valence-electron chi connectivity index (χ0n) is 12.0. The summed E-state index contributed by atoms with van der Waals surface area (Å²) in [5.74, 6) is 0.884. The Bertz CT molecular complexity index is 448. The third-order valence-corrected chi connectivity index (χ3v) is 3.57. The summed E-state index contributed by atoms with van der Waals surface area (Å²) >= 11 is 5.08. The van der Waals surface area contributed by atoms with Crippen LogP contribution in [0.5, 0.6) is 0 Å². The number of hydrogen-bond donors (Lipinski definition) is 2. The summed E-state index contributed by atoms with van der Waals surface area (Å²) in [4.78, 5) is 2.55. The van der Waals surface area contributed by atoms with E-state index in [0.717, 1.165) is 23.6 Å². The van der Waals surface area contributed by atoms with Crippen molar-refractivity contribution in [3.8, 4) is 0 Å². The molecule has 1 aromatic rings. The number of nitrogens with two attached hydrogens (primary N) is 1. The number of aryl methyl sites for hydroxylation is 2. The van der Waals surface area contributed by atoms with E-state index in [4.69, 9.17) is 18.0 Å². The molecule has 0 atom stereocenters. The van der Waals surface area contributed by atoms with Crippen molar-refractivity contribution < 1.29 is 0 Å². The lowest BCUT2D eigenvalue weighted by Crippen LogP contribution is -2.44. The highest BCUT2D eigenvalue weighted by molar-refractivity contribution is 7.80. The Morgan fingerprint density at radius 2 is 2.06 bits per heavy atom. The molecule has 1 rings (SSSR count). The van der Waals surface area contributed by atoms with Gasteiger partial charge in [-0.2, -0.15) is 5.10 Å². The van der Waals surface area contributed by atoms with Gasteiger partial charge in [0.25, 0.3) is 0 Å². The van der Waals surface area contributed by atoms with Crippen molar-refractivity contribution in [3.05, 3.63) is 11.3 Å². The number of nitrogens with zero attached hydrogens (tertiary/aromatic N) is 3. The van der Waals surface area contributed by atoms with Crippen molar-refractivity contribution in [2.24, 2.45) is 12.8 Å². The van der Waals surface area contributed by atoms with E-state index in [1.807, 2.05) is 14.0 Å². The minimum absolute atomic E-state index is 0.0334. The molecule has 1 aromatic heterocycles. The molecule has 0 aliphatic rings. The predicted octanol–water partition coefficient (Wildman–Crippen LogP) is 1.11. The Kier molecular flexibility index (Phi) is 4.34. The minimum atomic E-state index is 0.0334. The van der Waals surface area contributed by atoms with Crippen LogP contribution in [0.2, 0.25) is 0 Å². The second-order valence-electron chi connectivity index (χ2n) is 5.36. The molecule has 6 heteroatoms. The zero-order chi connectivity index (χ0) is 14.1. The number of rotatable bonds is 5. The number of thiocarbonyl (C=S) groups is 1. The SMILES string of the molecule is Cc1nn(C)c(NCC(C)(C)N(C)C)c1C(N)=S. The Labute approximate surface area is 114 Å². The highest BCUT2D eigenvalue weighted by Gasteiger charge is 2.22. The van der Waals surface area contributed by atoms with Crippen LogP contribution in [0.3, 0.4) is 0 Å². The maximum Gasteiger partial charge on any atom is 0.134 e. The van der Waals surface area contributed by atoms with E-state index in [2.05, 4.69) is 43.3 Å². The fourth-order valence-electron chi connectivity index (χ4n) is 1.61. The third-order valence-electron chi connectivity index (χ3n) is 3.37. The average molecular weight is 269 g/mol. The van der Waals surface area contributed by atoms with E-state index in [1.54, 1.807) is 4.68 Å². The Balaban J connectivity index is 2.95. The zero-order valence-corrected chi connectivity index (χ0v) is 12.9. The van der Waals surface area contributed by atoms with Crippen molar-refractivity contribution >= 4 is 23.0 Å². The summed E-state index contributed by atoms with van der Waals surface area (Å²) < 4.78 is 1.79. The first-order valence-corrected chi connectivity index (χ1v) is 6.32. The number of hydrogen-bond acceptors (Lipinski definition) is 4. The Morgan fingerprint density at radius 1 is 1.50 bits per heavy atom. The Morgan fingerprint density at radius 3 is 2.50 bits per heavy atom. The molecule has 0 aliphatic heterocycles. The second-order valence-corrected chi connectivity index (χ2v) is 5.80. The standard InChI is InChI=1S/C12H23N5S/c1-8-9(10(13)18)11(17(6)15-8)14-7-12(2,3)16(4)5/h14H,7H2,1-6H3,(H2,13,18). The van der Waals surface area contributed by atoms with Gasteiger partial charge in [0, 0.05) is 19.1 Å². The van der Waals surface area contributed by atoms with Gasteiger partial charge in [-0.3, -0.25) is 4.68 Å².